The molecule has 0 aromatic carbocycles. The molecule has 6 nitrogen and oxygen atoms in total. The van der Waals surface area contributed by atoms with Crippen molar-refractivity contribution in [3.63, 3.8) is 0 Å². The zero-order valence-corrected chi connectivity index (χ0v) is 17.0. The van der Waals surface area contributed by atoms with Crippen molar-refractivity contribution in [1.29, 1.82) is 0 Å². The van der Waals surface area contributed by atoms with Gasteiger partial charge in [0.2, 0.25) is 0 Å². The van der Waals surface area contributed by atoms with Crippen molar-refractivity contribution < 1.29 is 22.7 Å². The second-order valence-corrected chi connectivity index (χ2v) is 7.91. The normalized spacial score (nSPS) is 11.3. The van der Waals surface area contributed by atoms with E-state index in [1.165, 1.54) is 70.4 Å². The Morgan fingerprint density at radius 3 is 2.08 bits per heavy atom. The molecule has 1 rings (SSSR count). The van der Waals surface area contributed by atoms with Crippen molar-refractivity contribution in [2.75, 3.05) is 6.26 Å². The molecule has 7 heteroatoms. The Balaban J connectivity index is 0.00000110. The van der Waals surface area contributed by atoms with E-state index in [2.05, 4.69) is 22.8 Å². The highest BCUT2D eigenvalue weighted by Gasteiger charge is 2.01. The highest BCUT2D eigenvalue weighted by Crippen LogP contribution is 2.10. The summed E-state index contributed by atoms with van der Waals surface area (Å²) in [6, 6.07) is 3.93. The van der Waals surface area contributed by atoms with E-state index in [0.717, 1.165) is 12.1 Å². The molecule has 0 radical (unpaired) electrons. The molecule has 0 bridgehead atoms. The Bertz CT molecular complexity index is 581. The number of aryl methyl sites for hydroxylation is 1. The minimum absolute atomic E-state index is 0.604. The van der Waals surface area contributed by atoms with Crippen LogP contribution in [0.15, 0.2) is 29.7 Å². The van der Waals surface area contributed by atoms with E-state index < -0.39 is 10.1 Å². The summed E-state index contributed by atoms with van der Waals surface area (Å²) in [6.45, 7) is 3.31. The summed E-state index contributed by atoms with van der Waals surface area (Å²) in [5.74, 6) is 0. The number of hydrogen-bond acceptors (Lipinski definition) is 5. The van der Waals surface area contributed by atoms with E-state index in [1.54, 1.807) is 0 Å². The van der Waals surface area contributed by atoms with Gasteiger partial charge in [0.25, 0.3) is 0 Å². The lowest BCUT2D eigenvalue weighted by atomic mass is 10.1. The lowest BCUT2D eigenvalue weighted by Crippen LogP contribution is -2.33. The topological polar surface area (TPSA) is 93.7 Å². The highest BCUT2D eigenvalue weighted by molar-refractivity contribution is 7.84. The van der Waals surface area contributed by atoms with Gasteiger partial charge >= 0.3 is 0 Å². The second kappa shape index (κ2) is 15.8. The van der Waals surface area contributed by atoms with Gasteiger partial charge in [0.15, 0.2) is 12.4 Å². The van der Waals surface area contributed by atoms with Crippen molar-refractivity contribution in [2.24, 2.45) is 5.16 Å². The van der Waals surface area contributed by atoms with Gasteiger partial charge in [0, 0.05) is 18.7 Å². The molecule has 150 valence electrons. The number of aromatic nitrogens is 1. The number of nitrogens with zero attached hydrogens (tertiary/aromatic N) is 2. The summed E-state index contributed by atoms with van der Waals surface area (Å²) in [7, 11) is -3.92. The molecular formula is C19H34N2O4S. The third-order valence-corrected chi connectivity index (χ3v) is 3.86. The van der Waals surface area contributed by atoms with E-state index >= 15 is 0 Å². The largest absolute Gasteiger partial charge is 0.748 e. The maximum atomic E-state index is 9.08. The van der Waals surface area contributed by atoms with Crippen molar-refractivity contribution in [3.8, 4) is 0 Å². The van der Waals surface area contributed by atoms with Gasteiger partial charge in [0.1, 0.15) is 6.54 Å². The fraction of sp³-hybridized carbons (Fsp3) is 0.684. The predicted octanol–water partition coefficient (Wildman–Crippen LogP) is 3.86. The van der Waals surface area contributed by atoms with Crippen molar-refractivity contribution in [1.82, 2.24) is 0 Å². The first-order valence-corrected chi connectivity index (χ1v) is 11.3. The molecule has 0 amide bonds. The molecule has 0 unspecified atom stereocenters. The molecule has 1 N–H and O–H groups in total. The first-order valence-electron chi connectivity index (χ1n) is 9.44. The van der Waals surface area contributed by atoms with Crippen LogP contribution in [-0.4, -0.2) is 30.6 Å². The Morgan fingerprint density at radius 2 is 1.58 bits per heavy atom. The first kappa shape index (κ1) is 24.5. The van der Waals surface area contributed by atoms with Crippen LogP contribution in [0.2, 0.25) is 0 Å². The van der Waals surface area contributed by atoms with E-state index in [9.17, 15) is 0 Å². The Labute approximate surface area is 158 Å². The minimum atomic E-state index is -3.92. The van der Waals surface area contributed by atoms with Crippen LogP contribution >= 0.6 is 0 Å². The van der Waals surface area contributed by atoms with E-state index in [1.807, 2.05) is 18.3 Å². The molecule has 1 heterocycles. The van der Waals surface area contributed by atoms with E-state index in [4.69, 9.17) is 18.2 Å². The molecule has 1 aromatic rings. The van der Waals surface area contributed by atoms with Gasteiger partial charge in [-0.05, 0) is 12.5 Å². The van der Waals surface area contributed by atoms with Gasteiger partial charge in [-0.1, -0.05) is 63.4 Å². The number of hydrogen-bond donors (Lipinski definition) is 1. The first-order chi connectivity index (χ1) is 12.4. The quantitative estimate of drug-likeness (QED) is 0.147. The Kier molecular flexibility index (Phi) is 14.9. The number of rotatable bonds is 12. The monoisotopic (exact) mass is 386 g/mol. The molecule has 0 saturated heterocycles. The second-order valence-electron chi connectivity index (χ2n) is 6.51. The lowest BCUT2D eigenvalue weighted by Gasteiger charge is -2.01. The summed E-state index contributed by atoms with van der Waals surface area (Å²) >= 11 is 0. The number of unbranched alkanes of at least 4 members (excludes halogenated alkanes) is 9. The maximum absolute atomic E-state index is 9.08. The fourth-order valence-electron chi connectivity index (χ4n) is 2.61. The van der Waals surface area contributed by atoms with E-state index in [-0.39, 0.29) is 0 Å². The zero-order chi connectivity index (χ0) is 19.7. The molecule has 1 aromatic heterocycles. The molecule has 0 aliphatic carbocycles. The third-order valence-electron chi connectivity index (χ3n) is 3.86. The highest BCUT2D eigenvalue weighted by atomic mass is 32.2. The average Bonchev–Trinajstić information content (AvgIpc) is 2.56. The summed E-state index contributed by atoms with van der Waals surface area (Å²) in [4.78, 5) is 0. The maximum Gasteiger partial charge on any atom is 0.177 e. The van der Waals surface area contributed by atoms with Gasteiger partial charge in [0.05, 0.1) is 21.9 Å². The van der Waals surface area contributed by atoms with Gasteiger partial charge in [-0.15, -0.1) is 0 Å². The zero-order valence-electron chi connectivity index (χ0n) is 16.1. The molecule has 0 spiro atoms. The molecular weight excluding hydrogens is 352 g/mol. The molecule has 0 atom stereocenters. The van der Waals surface area contributed by atoms with Crippen LogP contribution in [0, 0.1) is 0 Å². The smallest absolute Gasteiger partial charge is 0.177 e. The van der Waals surface area contributed by atoms with Crippen molar-refractivity contribution >= 4 is 16.3 Å². The standard InChI is InChI=1S/C18H30N2O.CH4O3S/c1-2-3-4-5-6-7-8-9-10-11-14-20-15-12-13-18(17-20)16-19-21;1-5(2,3)4/h12-13,15-17H,2-11,14H2,1H3;1H3,(H,2,3,4)/b19-16-;. The van der Waals surface area contributed by atoms with Gasteiger partial charge < -0.3 is 9.76 Å². The minimum Gasteiger partial charge on any atom is -0.748 e. The SMILES string of the molecule is CCCCCCCCCCCC[n+]1cccc(/C=N\O)c1.CS(=O)(=O)[O-]. The fourth-order valence-corrected chi connectivity index (χ4v) is 2.61. The summed E-state index contributed by atoms with van der Waals surface area (Å²) in [5.41, 5.74) is 0.937. The van der Waals surface area contributed by atoms with Gasteiger partial charge in [-0.2, -0.15) is 0 Å². The van der Waals surface area contributed by atoms with E-state index in [0.29, 0.717) is 6.26 Å². The molecule has 0 fully saturated rings. The van der Waals surface area contributed by atoms with Crippen molar-refractivity contribution in [2.45, 2.75) is 77.7 Å². The van der Waals surface area contributed by atoms with Crippen molar-refractivity contribution in [3.05, 3.63) is 30.1 Å². The third kappa shape index (κ3) is 18.9. The van der Waals surface area contributed by atoms with Gasteiger partial charge in [-0.3, -0.25) is 0 Å². The van der Waals surface area contributed by atoms with Crippen LogP contribution in [0.3, 0.4) is 0 Å². The Morgan fingerprint density at radius 1 is 1.08 bits per heavy atom. The van der Waals surface area contributed by atoms with Crippen LogP contribution < -0.4 is 4.57 Å². The van der Waals surface area contributed by atoms with Crippen LogP contribution in [0.5, 0.6) is 0 Å². The Hall–Kier alpha value is -1.47. The van der Waals surface area contributed by atoms with Crippen LogP contribution in [0.4, 0.5) is 0 Å². The molecule has 0 saturated carbocycles. The van der Waals surface area contributed by atoms with Crippen LogP contribution in [0.25, 0.3) is 0 Å². The van der Waals surface area contributed by atoms with Crippen LogP contribution in [-0.2, 0) is 16.7 Å². The number of pyridine rings is 1. The lowest BCUT2D eigenvalue weighted by molar-refractivity contribution is -0.697. The summed E-state index contributed by atoms with van der Waals surface area (Å²) in [6.07, 6.45) is 19.8. The average molecular weight is 387 g/mol. The number of oxime groups is 1. The van der Waals surface area contributed by atoms with Crippen LogP contribution in [0.1, 0.15) is 76.7 Å². The molecule has 0 aliphatic rings. The molecule has 0 aliphatic heterocycles. The predicted molar refractivity (Wildman–Crippen MR) is 103 cm³/mol. The van der Waals surface area contributed by atoms with Gasteiger partial charge in [-0.25, -0.2) is 13.0 Å². The summed E-state index contributed by atoms with van der Waals surface area (Å²) < 4.78 is 29.4. The molecule has 26 heavy (non-hydrogen) atoms. The summed E-state index contributed by atoms with van der Waals surface area (Å²) in [5, 5.41) is 11.6.